The number of thioether (sulfide) groups is 1. The van der Waals surface area contributed by atoms with Gasteiger partial charge in [-0.25, -0.2) is 0 Å². The average molecular weight is 304 g/mol. The van der Waals surface area contributed by atoms with Gasteiger partial charge in [0, 0.05) is 18.3 Å². The lowest BCUT2D eigenvalue weighted by Crippen LogP contribution is -2.33. The van der Waals surface area contributed by atoms with E-state index in [2.05, 4.69) is 17.9 Å². The molecule has 1 heterocycles. The number of likely N-dealkylation sites (tertiary alicyclic amines) is 1. The van der Waals surface area contributed by atoms with E-state index in [0.29, 0.717) is 17.4 Å². The minimum Gasteiger partial charge on any atom is -0.387 e. The van der Waals surface area contributed by atoms with Crippen LogP contribution in [0.1, 0.15) is 43.4 Å². The predicted molar refractivity (Wildman–Crippen MR) is 88.3 cm³/mol. The molecule has 0 saturated carbocycles. The number of benzene rings is 1. The molecule has 2 atom stereocenters. The quantitative estimate of drug-likeness (QED) is 0.907. The van der Waals surface area contributed by atoms with Crippen LogP contribution in [0.15, 0.2) is 24.3 Å². The molecule has 2 rings (SSSR count). The highest BCUT2D eigenvalue weighted by molar-refractivity contribution is 7.99. The van der Waals surface area contributed by atoms with Gasteiger partial charge in [-0.3, -0.25) is 4.90 Å². The van der Waals surface area contributed by atoms with Crippen LogP contribution < -0.4 is 0 Å². The maximum absolute atomic E-state index is 10.4. The van der Waals surface area contributed by atoms with Crippen LogP contribution >= 0.6 is 11.8 Å². The third-order valence-electron chi connectivity index (χ3n) is 3.97. The highest BCUT2D eigenvalue weighted by Crippen LogP contribution is 2.24. The van der Waals surface area contributed by atoms with Crippen molar-refractivity contribution in [2.75, 3.05) is 25.4 Å². The Morgan fingerprint density at radius 3 is 2.81 bits per heavy atom. The lowest BCUT2D eigenvalue weighted by Gasteiger charge is -2.26. The Morgan fingerprint density at radius 2 is 2.14 bits per heavy atom. The topological polar surface area (TPSA) is 47.3 Å². The van der Waals surface area contributed by atoms with Crippen molar-refractivity contribution in [2.45, 2.75) is 37.5 Å². The molecule has 1 fully saturated rings. The molecule has 3 nitrogen and oxygen atoms in total. The third kappa shape index (κ3) is 5.03. The second-order valence-electron chi connectivity index (χ2n) is 5.58. The molecule has 2 unspecified atom stereocenters. The summed E-state index contributed by atoms with van der Waals surface area (Å²) in [6.07, 6.45) is 3.34. The summed E-state index contributed by atoms with van der Waals surface area (Å²) >= 11 is 2.04. The maximum atomic E-state index is 10.4. The molecule has 1 saturated heterocycles. The summed E-state index contributed by atoms with van der Waals surface area (Å²) in [7, 11) is 0. The molecule has 0 bridgehead atoms. The third-order valence-corrected chi connectivity index (χ3v) is 5.16. The number of hydrogen-bond acceptors (Lipinski definition) is 4. The summed E-state index contributed by atoms with van der Waals surface area (Å²) in [5, 5.41) is 19.9. The van der Waals surface area contributed by atoms with Gasteiger partial charge in [-0.05, 0) is 42.8 Å². The lowest BCUT2D eigenvalue weighted by molar-refractivity contribution is 0.116. The minimum atomic E-state index is -0.469. The van der Waals surface area contributed by atoms with E-state index in [1.165, 1.54) is 19.3 Å². The standard InChI is InChI=1S/C17H24N2OS/c1-2-21-16-5-3-4-10-19(12-16)13-17(20)15-8-6-14(11-18)7-9-15/h6-9,16-17,20H,2-5,10,12-13H2,1H3. The summed E-state index contributed by atoms with van der Waals surface area (Å²) < 4.78 is 0. The SMILES string of the molecule is CCSC1CCCCN(CC(O)c2ccc(C#N)cc2)C1. The first kappa shape index (κ1) is 16.4. The van der Waals surface area contributed by atoms with Gasteiger partial charge in [0.05, 0.1) is 17.7 Å². The summed E-state index contributed by atoms with van der Waals surface area (Å²) in [5.74, 6) is 1.16. The molecule has 1 aliphatic heterocycles. The first-order chi connectivity index (χ1) is 10.2. The van der Waals surface area contributed by atoms with Crippen molar-refractivity contribution in [3.8, 4) is 6.07 Å². The van der Waals surface area contributed by atoms with Crippen LogP contribution in [0.25, 0.3) is 0 Å². The van der Waals surface area contributed by atoms with Crippen molar-refractivity contribution in [2.24, 2.45) is 0 Å². The van der Waals surface area contributed by atoms with Crippen LogP contribution in [0.2, 0.25) is 0 Å². The van der Waals surface area contributed by atoms with Gasteiger partial charge in [0.15, 0.2) is 0 Å². The Labute approximate surface area is 132 Å². The fourth-order valence-electron chi connectivity index (χ4n) is 2.85. The monoisotopic (exact) mass is 304 g/mol. The minimum absolute atomic E-state index is 0.469. The number of nitriles is 1. The van der Waals surface area contributed by atoms with Crippen LogP contribution in [0, 0.1) is 11.3 Å². The second-order valence-corrected chi connectivity index (χ2v) is 7.16. The zero-order chi connectivity index (χ0) is 15.1. The van der Waals surface area contributed by atoms with Crippen molar-refractivity contribution in [1.82, 2.24) is 4.90 Å². The average Bonchev–Trinajstić information content (AvgIpc) is 2.73. The predicted octanol–water partition coefficient (Wildman–Crippen LogP) is 3.20. The fraction of sp³-hybridized carbons (Fsp3) is 0.588. The Morgan fingerprint density at radius 1 is 1.38 bits per heavy atom. The second kappa shape index (κ2) is 8.43. The molecule has 0 amide bonds. The van der Waals surface area contributed by atoms with Crippen molar-refractivity contribution < 1.29 is 5.11 Å². The van der Waals surface area contributed by atoms with Gasteiger partial charge >= 0.3 is 0 Å². The number of hydrogen-bond donors (Lipinski definition) is 1. The van der Waals surface area contributed by atoms with Gasteiger partial charge in [0.25, 0.3) is 0 Å². The molecule has 1 aromatic carbocycles. The van der Waals surface area contributed by atoms with Crippen molar-refractivity contribution in [1.29, 1.82) is 5.26 Å². The number of nitrogens with zero attached hydrogens (tertiary/aromatic N) is 2. The fourth-order valence-corrected chi connectivity index (χ4v) is 3.97. The smallest absolute Gasteiger partial charge is 0.0991 e. The summed E-state index contributed by atoms with van der Waals surface area (Å²) in [5.41, 5.74) is 1.54. The molecule has 114 valence electrons. The largest absolute Gasteiger partial charge is 0.387 e. The maximum Gasteiger partial charge on any atom is 0.0991 e. The lowest BCUT2D eigenvalue weighted by atomic mass is 10.1. The van der Waals surface area contributed by atoms with Crippen molar-refractivity contribution >= 4 is 11.8 Å². The zero-order valence-corrected chi connectivity index (χ0v) is 13.5. The van der Waals surface area contributed by atoms with Gasteiger partial charge in [0.1, 0.15) is 0 Å². The molecular formula is C17H24N2OS. The van der Waals surface area contributed by atoms with Gasteiger partial charge in [-0.2, -0.15) is 17.0 Å². The Bertz CT molecular complexity index is 469. The number of β-amino-alcohol motifs (C(OH)–C–C–N with tert-alkyl or cyclic N) is 1. The van der Waals surface area contributed by atoms with E-state index >= 15 is 0 Å². The van der Waals surface area contributed by atoms with E-state index in [9.17, 15) is 5.11 Å². The number of aliphatic hydroxyl groups is 1. The van der Waals surface area contributed by atoms with Crippen LogP contribution in [-0.4, -0.2) is 40.6 Å². The first-order valence-electron chi connectivity index (χ1n) is 7.75. The molecule has 21 heavy (non-hydrogen) atoms. The molecule has 0 radical (unpaired) electrons. The molecule has 0 aromatic heterocycles. The van der Waals surface area contributed by atoms with Crippen LogP contribution in [0.4, 0.5) is 0 Å². The summed E-state index contributed by atoms with van der Waals surface area (Å²) in [4.78, 5) is 2.39. The van der Waals surface area contributed by atoms with Gasteiger partial charge < -0.3 is 5.11 Å². The van der Waals surface area contributed by atoms with Crippen molar-refractivity contribution in [3.05, 3.63) is 35.4 Å². The molecule has 1 aliphatic rings. The van der Waals surface area contributed by atoms with E-state index in [1.54, 1.807) is 12.1 Å². The highest BCUT2D eigenvalue weighted by Gasteiger charge is 2.20. The van der Waals surface area contributed by atoms with E-state index in [1.807, 2.05) is 23.9 Å². The van der Waals surface area contributed by atoms with E-state index in [-0.39, 0.29) is 0 Å². The van der Waals surface area contributed by atoms with Crippen molar-refractivity contribution in [3.63, 3.8) is 0 Å². The molecule has 4 heteroatoms. The molecule has 0 aliphatic carbocycles. The zero-order valence-electron chi connectivity index (χ0n) is 12.7. The summed E-state index contributed by atoms with van der Waals surface area (Å²) in [6.45, 7) is 5.05. The van der Waals surface area contributed by atoms with Gasteiger partial charge in [-0.1, -0.05) is 25.5 Å². The Hall–Kier alpha value is -1.02. The van der Waals surface area contributed by atoms with E-state index < -0.39 is 6.10 Å². The Kier molecular flexibility index (Phi) is 6.56. The normalized spacial score (nSPS) is 21.5. The Balaban J connectivity index is 1.93. The number of aliphatic hydroxyl groups excluding tert-OH is 1. The van der Waals surface area contributed by atoms with Gasteiger partial charge in [-0.15, -0.1) is 0 Å². The molecule has 0 spiro atoms. The molecule has 1 N–H and O–H groups in total. The van der Waals surface area contributed by atoms with Crippen LogP contribution in [0.5, 0.6) is 0 Å². The molecule has 1 aromatic rings. The van der Waals surface area contributed by atoms with Crippen LogP contribution in [-0.2, 0) is 0 Å². The summed E-state index contributed by atoms with van der Waals surface area (Å²) in [6, 6.07) is 9.38. The van der Waals surface area contributed by atoms with Gasteiger partial charge in [0.2, 0.25) is 0 Å². The van der Waals surface area contributed by atoms with E-state index in [4.69, 9.17) is 5.26 Å². The highest BCUT2D eigenvalue weighted by atomic mass is 32.2. The van der Waals surface area contributed by atoms with E-state index in [0.717, 1.165) is 24.4 Å². The van der Waals surface area contributed by atoms with Crippen LogP contribution in [0.3, 0.4) is 0 Å². The first-order valence-corrected chi connectivity index (χ1v) is 8.80. The molecular weight excluding hydrogens is 280 g/mol. The number of rotatable bonds is 5.